The fourth-order valence-electron chi connectivity index (χ4n) is 3.39. The molecule has 0 radical (unpaired) electrons. The van der Waals surface area contributed by atoms with Crippen LogP contribution in [0.5, 0.6) is 5.75 Å². The van der Waals surface area contributed by atoms with Crippen molar-refractivity contribution in [1.29, 1.82) is 0 Å². The van der Waals surface area contributed by atoms with Crippen molar-refractivity contribution in [1.82, 2.24) is 10.2 Å². The van der Waals surface area contributed by atoms with Gasteiger partial charge in [-0.05, 0) is 78.1 Å². The lowest BCUT2D eigenvalue weighted by Gasteiger charge is -2.36. The van der Waals surface area contributed by atoms with E-state index in [1.165, 1.54) is 0 Å². The number of likely N-dealkylation sites (tertiary alicyclic amines) is 1. The predicted molar refractivity (Wildman–Crippen MR) is 123 cm³/mol. The second kappa shape index (κ2) is 10.9. The Bertz CT molecular complexity index is 878. The molecular weight excluding hydrogens is 434 g/mol. The topological polar surface area (TPSA) is 114 Å². The number of anilines is 1. The van der Waals surface area contributed by atoms with Gasteiger partial charge in [-0.15, -0.1) is 0 Å². The number of sulfonamides is 1. The van der Waals surface area contributed by atoms with Crippen molar-refractivity contribution < 1.29 is 27.5 Å². The van der Waals surface area contributed by atoms with Gasteiger partial charge in [0, 0.05) is 24.8 Å². The van der Waals surface area contributed by atoms with Gasteiger partial charge < -0.3 is 19.7 Å². The molecule has 1 aliphatic rings. The van der Waals surface area contributed by atoms with Crippen molar-refractivity contribution >= 4 is 27.7 Å². The second-order valence-corrected chi connectivity index (χ2v) is 10.9. The Kier molecular flexibility index (Phi) is 8.77. The third-order valence-electron chi connectivity index (χ3n) is 4.64. The number of alkyl carbamates (subject to hydrolysis) is 1. The van der Waals surface area contributed by atoms with Gasteiger partial charge >= 0.3 is 6.09 Å². The second-order valence-electron chi connectivity index (χ2n) is 9.17. The fraction of sp³-hybridized carbons (Fsp3) is 0.636. The molecule has 32 heavy (non-hydrogen) atoms. The maximum Gasteiger partial charge on any atom is 0.407 e. The lowest BCUT2D eigenvalue weighted by molar-refractivity contribution is -0.131. The monoisotopic (exact) mass is 469 g/mol. The minimum Gasteiger partial charge on any atom is -0.491 e. The number of nitrogens with zero attached hydrogens (tertiary/aromatic N) is 1. The molecule has 0 aliphatic carbocycles. The SMILES string of the molecule is CC(C)Oc1ccc(NS(=O)(=O)CC(=O)N2CCCCC2CNC(=O)OC(C)(C)C)cc1. The lowest BCUT2D eigenvalue weighted by Crippen LogP contribution is -2.51. The number of carbonyl (C=O) groups excluding carboxylic acids is 2. The van der Waals surface area contributed by atoms with Gasteiger partial charge in [0.25, 0.3) is 0 Å². The maximum atomic E-state index is 12.8. The van der Waals surface area contributed by atoms with Gasteiger partial charge in [0.2, 0.25) is 15.9 Å². The molecule has 1 fully saturated rings. The molecule has 2 rings (SSSR count). The number of carbonyl (C=O) groups is 2. The van der Waals surface area contributed by atoms with Gasteiger partial charge in [-0.25, -0.2) is 13.2 Å². The molecule has 1 unspecified atom stereocenters. The van der Waals surface area contributed by atoms with Crippen LogP contribution >= 0.6 is 0 Å². The quantitative estimate of drug-likeness (QED) is 0.605. The molecule has 1 saturated heterocycles. The highest BCUT2D eigenvalue weighted by Gasteiger charge is 2.30. The van der Waals surface area contributed by atoms with E-state index in [1.807, 2.05) is 13.8 Å². The number of rotatable bonds is 8. The minimum absolute atomic E-state index is 0.0115. The summed E-state index contributed by atoms with van der Waals surface area (Å²) in [7, 11) is -3.89. The zero-order chi connectivity index (χ0) is 23.9. The van der Waals surface area contributed by atoms with Crippen LogP contribution in [-0.4, -0.2) is 61.9 Å². The van der Waals surface area contributed by atoms with Crippen molar-refractivity contribution in [2.45, 2.75) is 71.6 Å². The van der Waals surface area contributed by atoms with E-state index in [0.717, 1.165) is 12.8 Å². The zero-order valence-electron chi connectivity index (χ0n) is 19.5. The molecule has 0 aromatic heterocycles. The number of piperidine rings is 1. The van der Waals surface area contributed by atoms with Crippen LogP contribution in [0, 0.1) is 0 Å². The summed E-state index contributed by atoms with van der Waals surface area (Å²) in [5.74, 6) is -0.527. The summed E-state index contributed by atoms with van der Waals surface area (Å²) in [6, 6.07) is 6.25. The normalized spacial score (nSPS) is 17.1. The van der Waals surface area contributed by atoms with Crippen molar-refractivity contribution in [2.75, 3.05) is 23.6 Å². The van der Waals surface area contributed by atoms with Crippen molar-refractivity contribution in [3.63, 3.8) is 0 Å². The number of hydrogen-bond donors (Lipinski definition) is 2. The minimum atomic E-state index is -3.89. The van der Waals surface area contributed by atoms with Gasteiger partial charge in [0.05, 0.1) is 6.10 Å². The highest BCUT2D eigenvalue weighted by atomic mass is 32.2. The maximum absolute atomic E-state index is 12.8. The summed E-state index contributed by atoms with van der Waals surface area (Å²) < 4.78 is 38.3. The van der Waals surface area contributed by atoms with E-state index in [9.17, 15) is 18.0 Å². The van der Waals surface area contributed by atoms with Crippen molar-refractivity contribution in [3.05, 3.63) is 24.3 Å². The summed E-state index contributed by atoms with van der Waals surface area (Å²) in [6.45, 7) is 9.78. The Balaban J connectivity index is 1.94. The van der Waals surface area contributed by atoms with Crippen LogP contribution in [0.25, 0.3) is 0 Å². The summed E-state index contributed by atoms with van der Waals surface area (Å²) >= 11 is 0. The molecule has 0 spiro atoms. The average molecular weight is 470 g/mol. The molecule has 1 aromatic rings. The van der Waals surface area contributed by atoms with Gasteiger partial charge in [-0.3, -0.25) is 9.52 Å². The predicted octanol–water partition coefficient (Wildman–Crippen LogP) is 3.12. The molecule has 2 amide bonds. The third-order valence-corrected chi connectivity index (χ3v) is 5.82. The van der Waals surface area contributed by atoms with Gasteiger partial charge in [-0.2, -0.15) is 0 Å². The zero-order valence-corrected chi connectivity index (χ0v) is 20.3. The van der Waals surface area contributed by atoms with Gasteiger partial charge in [0.1, 0.15) is 17.1 Å². The smallest absolute Gasteiger partial charge is 0.407 e. The van der Waals surface area contributed by atoms with Crippen LogP contribution in [0.1, 0.15) is 53.9 Å². The molecule has 1 heterocycles. The van der Waals surface area contributed by atoms with Crippen LogP contribution in [0.4, 0.5) is 10.5 Å². The summed E-state index contributed by atoms with van der Waals surface area (Å²) in [6.07, 6.45) is 1.83. The number of hydrogen-bond acceptors (Lipinski definition) is 6. The molecule has 1 aromatic carbocycles. The molecule has 0 saturated carbocycles. The molecule has 9 nitrogen and oxygen atoms in total. The van der Waals surface area contributed by atoms with Crippen LogP contribution < -0.4 is 14.8 Å². The van der Waals surface area contributed by atoms with E-state index >= 15 is 0 Å². The Morgan fingerprint density at radius 1 is 1.16 bits per heavy atom. The van der Waals surface area contributed by atoms with E-state index in [-0.39, 0.29) is 18.7 Å². The van der Waals surface area contributed by atoms with E-state index < -0.39 is 33.4 Å². The number of ether oxygens (including phenoxy) is 2. The van der Waals surface area contributed by atoms with Crippen LogP contribution in [0.3, 0.4) is 0 Å². The fourth-order valence-corrected chi connectivity index (χ4v) is 4.45. The Labute approximate surface area is 190 Å². The molecule has 0 bridgehead atoms. The molecule has 10 heteroatoms. The van der Waals surface area contributed by atoms with Crippen LogP contribution in [0.15, 0.2) is 24.3 Å². The summed E-state index contributed by atoms with van der Waals surface area (Å²) in [5, 5.41) is 2.68. The number of amides is 2. The van der Waals surface area contributed by atoms with Gasteiger partial charge in [0.15, 0.2) is 0 Å². The highest BCUT2D eigenvalue weighted by molar-refractivity contribution is 7.93. The van der Waals surface area contributed by atoms with Crippen LogP contribution in [0.2, 0.25) is 0 Å². The Hall–Kier alpha value is -2.49. The third kappa shape index (κ3) is 8.94. The first-order valence-corrected chi connectivity index (χ1v) is 12.5. The first-order chi connectivity index (χ1) is 14.8. The van der Waals surface area contributed by atoms with E-state index in [0.29, 0.717) is 24.4 Å². The molecule has 180 valence electrons. The molecule has 2 N–H and O–H groups in total. The van der Waals surface area contributed by atoms with Crippen LogP contribution in [-0.2, 0) is 19.6 Å². The number of benzene rings is 1. The highest BCUT2D eigenvalue weighted by Crippen LogP contribution is 2.20. The largest absolute Gasteiger partial charge is 0.491 e. The Morgan fingerprint density at radius 2 is 1.81 bits per heavy atom. The summed E-state index contributed by atoms with van der Waals surface area (Å²) in [4.78, 5) is 26.3. The first-order valence-electron chi connectivity index (χ1n) is 10.9. The Morgan fingerprint density at radius 3 is 2.41 bits per heavy atom. The van der Waals surface area contributed by atoms with E-state index in [4.69, 9.17) is 9.47 Å². The number of nitrogens with one attached hydrogen (secondary N) is 2. The van der Waals surface area contributed by atoms with Crippen molar-refractivity contribution in [2.24, 2.45) is 0 Å². The molecule has 1 atom stereocenters. The molecule has 1 aliphatic heterocycles. The lowest BCUT2D eigenvalue weighted by atomic mass is 10.0. The van der Waals surface area contributed by atoms with E-state index in [2.05, 4.69) is 10.0 Å². The molecular formula is C22H35N3O6S. The van der Waals surface area contributed by atoms with E-state index in [1.54, 1.807) is 49.9 Å². The van der Waals surface area contributed by atoms with Gasteiger partial charge in [-0.1, -0.05) is 0 Å². The van der Waals surface area contributed by atoms with Crippen molar-refractivity contribution in [3.8, 4) is 5.75 Å². The average Bonchev–Trinajstić information content (AvgIpc) is 2.66. The summed E-state index contributed by atoms with van der Waals surface area (Å²) in [5.41, 5.74) is -0.263. The standard InChI is InChI=1S/C22H35N3O6S/c1-16(2)30-19-11-9-17(10-12-19)24-32(28,29)15-20(26)25-13-7-6-8-18(25)14-23-21(27)31-22(3,4)5/h9-12,16,18,24H,6-8,13-15H2,1-5H3,(H,23,27). The first kappa shape index (κ1) is 25.8.